The second-order valence-corrected chi connectivity index (χ2v) is 4.41. The quantitative estimate of drug-likeness (QED) is 0.762. The lowest BCUT2D eigenvalue weighted by molar-refractivity contribution is -0.135. The third-order valence-electron chi connectivity index (χ3n) is 3.17. The van der Waals surface area contributed by atoms with Gasteiger partial charge in [-0.05, 0) is 12.8 Å². The molecule has 2 fully saturated rings. The van der Waals surface area contributed by atoms with Crippen LogP contribution >= 0.6 is 12.4 Å². The van der Waals surface area contributed by atoms with Crippen LogP contribution in [-0.4, -0.2) is 37.7 Å². The van der Waals surface area contributed by atoms with Gasteiger partial charge in [-0.3, -0.25) is 4.79 Å². The Morgan fingerprint density at radius 2 is 2.00 bits per heavy atom. The van der Waals surface area contributed by atoms with Crippen LogP contribution in [0.15, 0.2) is 0 Å². The lowest BCUT2D eigenvalue weighted by Crippen LogP contribution is -2.50. The zero-order valence-corrected chi connectivity index (χ0v) is 10.4. The van der Waals surface area contributed by atoms with Gasteiger partial charge in [0.25, 0.3) is 5.91 Å². The van der Waals surface area contributed by atoms with E-state index in [0.29, 0.717) is 19.2 Å². The fourth-order valence-corrected chi connectivity index (χ4v) is 2.27. The van der Waals surface area contributed by atoms with E-state index in [-0.39, 0.29) is 24.4 Å². The summed E-state index contributed by atoms with van der Waals surface area (Å²) < 4.78 is 5.41. The van der Waals surface area contributed by atoms with Crippen LogP contribution in [0.1, 0.15) is 32.1 Å². The highest BCUT2D eigenvalue weighted by Crippen LogP contribution is 2.17. The Labute approximate surface area is 103 Å². The first kappa shape index (κ1) is 13.7. The molecule has 1 aliphatic carbocycles. The van der Waals surface area contributed by atoms with Crippen molar-refractivity contribution < 1.29 is 9.53 Å². The molecule has 1 unspecified atom stereocenters. The number of nitrogens with one attached hydrogen (secondary N) is 2. The average Bonchev–Trinajstić information content (AvgIpc) is 2.31. The summed E-state index contributed by atoms with van der Waals surface area (Å²) in [5.74, 6) is 0.0640. The molecular formula is C11H21ClN2O2. The van der Waals surface area contributed by atoms with E-state index in [1.807, 2.05) is 0 Å². The molecule has 4 nitrogen and oxygen atoms in total. The second kappa shape index (κ2) is 7.09. The van der Waals surface area contributed by atoms with Crippen molar-refractivity contribution in [2.75, 3.05) is 19.7 Å². The fourth-order valence-electron chi connectivity index (χ4n) is 2.27. The van der Waals surface area contributed by atoms with Gasteiger partial charge in [0, 0.05) is 19.1 Å². The van der Waals surface area contributed by atoms with E-state index in [0.717, 1.165) is 19.4 Å². The monoisotopic (exact) mass is 248 g/mol. The van der Waals surface area contributed by atoms with E-state index >= 15 is 0 Å². The van der Waals surface area contributed by atoms with E-state index in [9.17, 15) is 4.79 Å². The summed E-state index contributed by atoms with van der Waals surface area (Å²) in [4.78, 5) is 11.8. The Morgan fingerprint density at radius 1 is 1.25 bits per heavy atom. The van der Waals surface area contributed by atoms with Crippen molar-refractivity contribution in [1.29, 1.82) is 0 Å². The molecule has 0 aromatic rings. The Kier molecular flexibility index (Phi) is 6.09. The zero-order chi connectivity index (χ0) is 10.5. The van der Waals surface area contributed by atoms with Gasteiger partial charge < -0.3 is 15.4 Å². The molecule has 16 heavy (non-hydrogen) atoms. The summed E-state index contributed by atoms with van der Waals surface area (Å²) in [6.07, 6.45) is 5.79. The number of morpholine rings is 1. The first-order chi connectivity index (χ1) is 7.36. The minimum Gasteiger partial charge on any atom is -0.366 e. The SMILES string of the molecule is Cl.O=C(NC1CCCCC1)C1CNCCO1. The average molecular weight is 249 g/mol. The number of halogens is 1. The van der Waals surface area contributed by atoms with E-state index in [1.54, 1.807) is 0 Å². The first-order valence-electron chi connectivity index (χ1n) is 5.99. The van der Waals surface area contributed by atoms with Gasteiger partial charge in [-0.2, -0.15) is 0 Å². The molecule has 0 radical (unpaired) electrons. The van der Waals surface area contributed by atoms with Gasteiger partial charge in [0.05, 0.1) is 6.61 Å². The molecule has 2 rings (SSSR count). The first-order valence-corrected chi connectivity index (χ1v) is 5.99. The minimum absolute atomic E-state index is 0. The lowest BCUT2D eigenvalue weighted by Gasteiger charge is -2.27. The molecule has 1 saturated carbocycles. The molecule has 94 valence electrons. The van der Waals surface area contributed by atoms with Crippen molar-refractivity contribution in [3.05, 3.63) is 0 Å². The van der Waals surface area contributed by atoms with Gasteiger partial charge in [0.15, 0.2) is 0 Å². The predicted molar refractivity (Wildman–Crippen MR) is 64.9 cm³/mol. The number of carbonyl (C=O) groups is 1. The van der Waals surface area contributed by atoms with Crippen molar-refractivity contribution in [1.82, 2.24) is 10.6 Å². The number of ether oxygens (including phenoxy) is 1. The number of carbonyl (C=O) groups excluding carboxylic acids is 1. The van der Waals surface area contributed by atoms with Crippen molar-refractivity contribution in [3.63, 3.8) is 0 Å². The van der Waals surface area contributed by atoms with Crippen molar-refractivity contribution in [2.45, 2.75) is 44.2 Å². The maximum atomic E-state index is 11.8. The Bertz CT molecular complexity index is 214. The van der Waals surface area contributed by atoms with Gasteiger partial charge in [-0.25, -0.2) is 0 Å². The summed E-state index contributed by atoms with van der Waals surface area (Å²) in [7, 11) is 0. The van der Waals surface area contributed by atoms with Crippen LogP contribution in [0, 0.1) is 0 Å². The molecule has 1 atom stereocenters. The van der Waals surface area contributed by atoms with Gasteiger partial charge in [0.1, 0.15) is 6.10 Å². The van der Waals surface area contributed by atoms with Crippen molar-refractivity contribution >= 4 is 18.3 Å². The number of rotatable bonds is 2. The summed E-state index contributed by atoms with van der Waals surface area (Å²) in [6.45, 7) is 2.15. The van der Waals surface area contributed by atoms with E-state index in [4.69, 9.17) is 4.74 Å². The van der Waals surface area contributed by atoms with Crippen LogP contribution in [0.3, 0.4) is 0 Å². The summed E-state index contributed by atoms with van der Waals surface area (Å²) in [6, 6.07) is 0.386. The van der Waals surface area contributed by atoms with Gasteiger partial charge in [0.2, 0.25) is 0 Å². The van der Waals surface area contributed by atoms with E-state index in [2.05, 4.69) is 10.6 Å². The molecule has 1 amide bonds. The molecule has 0 spiro atoms. The van der Waals surface area contributed by atoms with Crippen LogP contribution < -0.4 is 10.6 Å². The van der Waals surface area contributed by atoms with Crippen LogP contribution in [0.5, 0.6) is 0 Å². The third-order valence-corrected chi connectivity index (χ3v) is 3.17. The predicted octanol–water partition coefficient (Wildman–Crippen LogP) is 0.845. The van der Waals surface area contributed by atoms with Gasteiger partial charge in [-0.15, -0.1) is 12.4 Å². The molecule has 2 N–H and O–H groups in total. The molecule has 2 aliphatic rings. The Balaban J connectivity index is 0.00000128. The number of hydrogen-bond donors (Lipinski definition) is 2. The molecule has 0 aromatic heterocycles. The minimum atomic E-state index is -0.277. The molecule has 0 bridgehead atoms. The molecule has 1 heterocycles. The largest absolute Gasteiger partial charge is 0.366 e. The molecular weight excluding hydrogens is 228 g/mol. The smallest absolute Gasteiger partial charge is 0.250 e. The third kappa shape index (κ3) is 3.92. The van der Waals surface area contributed by atoms with Crippen LogP contribution in [0.2, 0.25) is 0 Å². The topological polar surface area (TPSA) is 50.4 Å². The molecule has 5 heteroatoms. The van der Waals surface area contributed by atoms with E-state index < -0.39 is 0 Å². The summed E-state index contributed by atoms with van der Waals surface area (Å²) >= 11 is 0. The molecule has 1 saturated heterocycles. The van der Waals surface area contributed by atoms with Gasteiger partial charge in [-0.1, -0.05) is 19.3 Å². The maximum absolute atomic E-state index is 11.8. The second-order valence-electron chi connectivity index (χ2n) is 4.41. The maximum Gasteiger partial charge on any atom is 0.250 e. The van der Waals surface area contributed by atoms with E-state index in [1.165, 1.54) is 19.3 Å². The lowest BCUT2D eigenvalue weighted by atomic mass is 9.95. The highest BCUT2D eigenvalue weighted by molar-refractivity contribution is 5.85. The Hall–Kier alpha value is -0.320. The Morgan fingerprint density at radius 3 is 2.62 bits per heavy atom. The number of amides is 1. The van der Waals surface area contributed by atoms with Gasteiger partial charge >= 0.3 is 0 Å². The summed E-state index contributed by atoms with van der Waals surface area (Å²) in [5.41, 5.74) is 0. The van der Waals surface area contributed by atoms with Crippen LogP contribution in [0.4, 0.5) is 0 Å². The summed E-state index contributed by atoms with van der Waals surface area (Å²) in [5, 5.41) is 6.25. The normalized spacial score (nSPS) is 26.9. The highest BCUT2D eigenvalue weighted by Gasteiger charge is 2.24. The van der Waals surface area contributed by atoms with Crippen LogP contribution in [-0.2, 0) is 9.53 Å². The van der Waals surface area contributed by atoms with Crippen LogP contribution in [0.25, 0.3) is 0 Å². The number of hydrogen-bond acceptors (Lipinski definition) is 3. The standard InChI is InChI=1S/C11H20N2O2.ClH/c14-11(10-8-12-6-7-15-10)13-9-4-2-1-3-5-9;/h9-10,12H,1-8H2,(H,13,14);1H. The fraction of sp³-hybridized carbons (Fsp3) is 0.909. The highest BCUT2D eigenvalue weighted by atomic mass is 35.5. The molecule has 1 aliphatic heterocycles. The zero-order valence-electron chi connectivity index (χ0n) is 9.54. The molecule has 0 aromatic carbocycles. The van der Waals surface area contributed by atoms with Crippen molar-refractivity contribution in [2.24, 2.45) is 0 Å². The van der Waals surface area contributed by atoms with Crippen molar-refractivity contribution in [3.8, 4) is 0 Å².